The van der Waals surface area contributed by atoms with Gasteiger partial charge in [0.2, 0.25) is 0 Å². The van der Waals surface area contributed by atoms with E-state index in [1.807, 2.05) is 42.5 Å². The minimum Gasteiger partial charge on any atom is -0.497 e. The molecular formula is C17H21NO2. The highest BCUT2D eigenvalue weighted by atomic mass is 16.5. The molecule has 20 heavy (non-hydrogen) atoms. The van der Waals surface area contributed by atoms with Gasteiger partial charge < -0.3 is 15.2 Å². The first kappa shape index (κ1) is 14.6. The number of aliphatic hydroxyl groups excluding tert-OH is 1. The van der Waals surface area contributed by atoms with E-state index in [0.29, 0.717) is 0 Å². The van der Waals surface area contributed by atoms with Gasteiger partial charge in [-0.3, -0.25) is 0 Å². The molecule has 0 radical (unpaired) electrons. The van der Waals surface area contributed by atoms with E-state index < -0.39 is 0 Å². The Morgan fingerprint density at radius 1 is 1.10 bits per heavy atom. The van der Waals surface area contributed by atoms with E-state index >= 15 is 0 Å². The molecule has 0 bridgehead atoms. The fourth-order valence-corrected chi connectivity index (χ4v) is 2.18. The van der Waals surface area contributed by atoms with E-state index in [4.69, 9.17) is 4.74 Å². The van der Waals surface area contributed by atoms with Crippen LogP contribution in [0.15, 0.2) is 48.5 Å². The molecule has 2 rings (SSSR count). The van der Waals surface area contributed by atoms with E-state index in [1.165, 1.54) is 5.56 Å². The number of ether oxygens (including phenoxy) is 1. The van der Waals surface area contributed by atoms with Gasteiger partial charge in [0.25, 0.3) is 0 Å². The summed E-state index contributed by atoms with van der Waals surface area (Å²) in [5.74, 6) is 0.868. The van der Waals surface area contributed by atoms with Gasteiger partial charge in [0, 0.05) is 12.6 Å². The Bertz CT molecular complexity index is 554. The van der Waals surface area contributed by atoms with Crippen molar-refractivity contribution in [2.45, 2.75) is 26.1 Å². The van der Waals surface area contributed by atoms with Crippen LogP contribution in [0, 0.1) is 0 Å². The first-order valence-electron chi connectivity index (χ1n) is 6.79. The van der Waals surface area contributed by atoms with Crippen LogP contribution in [0.1, 0.15) is 29.7 Å². The molecule has 0 aliphatic rings. The van der Waals surface area contributed by atoms with Gasteiger partial charge in [-0.1, -0.05) is 36.4 Å². The maximum absolute atomic E-state index is 9.32. The predicted octanol–water partition coefficient (Wildman–Crippen LogP) is 3.04. The average Bonchev–Trinajstić information content (AvgIpc) is 2.52. The third-order valence-corrected chi connectivity index (χ3v) is 3.48. The molecule has 106 valence electrons. The summed E-state index contributed by atoms with van der Waals surface area (Å²) in [6.45, 7) is 2.93. The molecule has 2 aromatic carbocycles. The summed E-state index contributed by atoms with van der Waals surface area (Å²) in [4.78, 5) is 0. The van der Waals surface area contributed by atoms with Crippen LogP contribution in [0.5, 0.6) is 5.75 Å². The largest absolute Gasteiger partial charge is 0.497 e. The predicted molar refractivity (Wildman–Crippen MR) is 80.6 cm³/mol. The zero-order valence-corrected chi connectivity index (χ0v) is 12.0. The smallest absolute Gasteiger partial charge is 0.119 e. The van der Waals surface area contributed by atoms with Gasteiger partial charge in [0.15, 0.2) is 0 Å². The Labute approximate surface area is 120 Å². The van der Waals surface area contributed by atoms with Gasteiger partial charge in [-0.25, -0.2) is 0 Å². The minimum absolute atomic E-state index is 0.0748. The molecule has 0 aromatic heterocycles. The van der Waals surface area contributed by atoms with Crippen molar-refractivity contribution in [1.82, 2.24) is 5.32 Å². The van der Waals surface area contributed by atoms with Crippen LogP contribution in [-0.2, 0) is 13.2 Å². The molecule has 0 spiro atoms. The average molecular weight is 271 g/mol. The Kier molecular flexibility index (Phi) is 5.16. The molecule has 0 amide bonds. The van der Waals surface area contributed by atoms with Crippen molar-refractivity contribution >= 4 is 0 Å². The molecule has 0 saturated heterocycles. The molecule has 0 heterocycles. The van der Waals surface area contributed by atoms with E-state index in [-0.39, 0.29) is 12.6 Å². The van der Waals surface area contributed by atoms with Crippen LogP contribution in [0.2, 0.25) is 0 Å². The molecule has 1 atom stereocenters. The summed E-state index contributed by atoms with van der Waals surface area (Å²) >= 11 is 0. The molecule has 0 aliphatic carbocycles. The second-order valence-corrected chi connectivity index (χ2v) is 4.81. The van der Waals surface area contributed by atoms with Crippen molar-refractivity contribution in [2.24, 2.45) is 0 Å². The summed E-state index contributed by atoms with van der Waals surface area (Å²) in [5.41, 5.74) is 3.29. The van der Waals surface area contributed by atoms with Crippen LogP contribution in [0.25, 0.3) is 0 Å². The number of aliphatic hydroxyl groups is 1. The summed E-state index contributed by atoms with van der Waals surface area (Å²) in [7, 11) is 1.68. The van der Waals surface area contributed by atoms with E-state index in [2.05, 4.69) is 18.3 Å². The quantitative estimate of drug-likeness (QED) is 0.848. The normalized spacial score (nSPS) is 12.2. The first-order chi connectivity index (χ1) is 9.74. The highest BCUT2D eigenvalue weighted by Crippen LogP contribution is 2.19. The van der Waals surface area contributed by atoms with E-state index in [0.717, 1.165) is 23.4 Å². The van der Waals surface area contributed by atoms with Crippen molar-refractivity contribution in [1.29, 1.82) is 0 Å². The van der Waals surface area contributed by atoms with Crippen molar-refractivity contribution in [2.75, 3.05) is 7.11 Å². The molecule has 0 saturated carbocycles. The van der Waals surface area contributed by atoms with Crippen LogP contribution >= 0.6 is 0 Å². The second-order valence-electron chi connectivity index (χ2n) is 4.81. The standard InChI is InChI=1S/C17H21NO2/c1-13(14-8-5-9-17(10-14)20-2)18-11-15-6-3-4-7-16(15)12-19/h3-10,13,18-19H,11-12H2,1-2H3. The lowest BCUT2D eigenvalue weighted by atomic mass is 10.1. The zero-order chi connectivity index (χ0) is 14.4. The summed E-state index contributed by atoms with van der Waals surface area (Å²) in [6, 6.07) is 16.2. The van der Waals surface area contributed by atoms with Crippen LogP contribution < -0.4 is 10.1 Å². The molecule has 1 unspecified atom stereocenters. The molecule has 2 N–H and O–H groups in total. The monoisotopic (exact) mass is 271 g/mol. The highest BCUT2D eigenvalue weighted by Gasteiger charge is 2.07. The number of methoxy groups -OCH3 is 1. The number of hydrogen-bond acceptors (Lipinski definition) is 3. The highest BCUT2D eigenvalue weighted by molar-refractivity contribution is 5.31. The van der Waals surface area contributed by atoms with Crippen LogP contribution in [-0.4, -0.2) is 12.2 Å². The lowest BCUT2D eigenvalue weighted by Gasteiger charge is -2.16. The summed E-state index contributed by atoms with van der Waals surface area (Å²) in [5, 5.41) is 12.8. The van der Waals surface area contributed by atoms with Crippen molar-refractivity contribution in [3.05, 3.63) is 65.2 Å². The van der Waals surface area contributed by atoms with Gasteiger partial charge in [-0.15, -0.1) is 0 Å². The summed E-state index contributed by atoms with van der Waals surface area (Å²) in [6.07, 6.45) is 0. The van der Waals surface area contributed by atoms with Crippen LogP contribution in [0.3, 0.4) is 0 Å². The second kappa shape index (κ2) is 7.08. The first-order valence-corrected chi connectivity index (χ1v) is 6.79. The number of hydrogen-bond donors (Lipinski definition) is 2. The van der Waals surface area contributed by atoms with Gasteiger partial charge in [-0.2, -0.15) is 0 Å². The van der Waals surface area contributed by atoms with E-state index in [1.54, 1.807) is 7.11 Å². The zero-order valence-electron chi connectivity index (χ0n) is 12.0. The number of benzene rings is 2. The third-order valence-electron chi connectivity index (χ3n) is 3.48. The van der Waals surface area contributed by atoms with Crippen molar-refractivity contribution in [3.63, 3.8) is 0 Å². The van der Waals surface area contributed by atoms with Crippen molar-refractivity contribution < 1.29 is 9.84 Å². The minimum atomic E-state index is 0.0748. The molecule has 3 nitrogen and oxygen atoms in total. The third kappa shape index (κ3) is 3.59. The lowest BCUT2D eigenvalue weighted by Crippen LogP contribution is -2.19. The molecular weight excluding hydrogens is 250 g/mol. The summed E-state index contributed by atoms with van der Waals surface area (Å²) < 4.78 is 5.24. The van der Waals surface area contributed by atoms with Gasteiger partial charge >= 0.3 is 0 Å². The molecule has 0 aliphatic heterocycles. The molecule has 2 aromatic rings. The van der Waals surface area contributed by atoms with Gasteiger partial charge in [-0.05, 0) is 35.7 Å². The Hall–Kier alpha value is -1.84. The Morgan fingerprint density at radius 2 is 1.85 bits per heavy atom. The SMILES string of the molecule is COc1cccc(C(C)NCc2ccccc2CO)c1. The number of rotatable bonds is 6. The fraction of sp³-hybridized carbons (Fsp3) is 0.294. The number of nitrogens with one attached hydrogen (secondary N) is 1. The Morgan fingerprint density at radius 3 is 2.55 bits per heavy atom. The molecule has 0 fully saturated rings. The maximum atomic E-state index is 9.32. The topological polar surface area (TPSA) is 41.5 Å². The van der Waals surface area contributed by atoms with Crippen LogP contribution in [0.4, 0.5) is 0 Å². The van der Waals surface area contributed by atoms with Gasteiger partial charge in [0.1, 0.15) is 5.75 Å². The van der Waals surface area contributed by atoms with Crippen molar-refractivity contribution in [3.8, 4) is 5.75 Å². The van der Waals surface area contributed by atoms with E-state index in [9.17, 15) is 5.11 Å². The molecule has 3 heteroatoms. The Balaban J connectivity index is 2.02. The fourth-order valence-electron chi connectivity index (χ4n) is 2.18. The van der Waals surface area contributed by atoms with Gasteiger partial charge in [0.05, 0.1) is 13.7 Å². The lowest BCUT2D eigenvalue weighted by molar-refractivity contribution is 0.280. The maximum Gasteiger partial charge on any atom is 0.119 e.